The summed E-state index contributed by atoms with van der Waals surface area (Å²) in [7, 11) is -1.89. The summed E-state index contributed by atoms with van der Waals surface area (Å²) in [5.74, 6) is -0.254. The van der Waals surface area contributed by atoms with Crippen LogP contribution in [0, 0.1) is 0 Å². The largest absolute Gasteiger partial charge is 0.507 e. The molecule has 0 amide bonds. The van der Waals surface area contributed by atoms with Crippen LogP contribution in [0.4, 0.5) is 0 Å². The van der Waals surface area contributed by atoms with Crippen LogP contribution >= 0.6 is 0 Å². The van der Waals surface area contributed by atoms with Crippen LogP contribution in [0.25, 0.3) is 0 Å². The van der Waals surface area contributed by atoms with E-state index in [1.807, 2.05) is 6.07 Å². The van der Waals surface area contributed by atoms with E-state index in [4.69, 9.17) is 0 Å². The normalized spacial score (nSPS) is 11.6. The number of hydrogen-bond acceptors (Lipinski definition) is 4. The monoisotopic (exact) mass is 281 g/mol. The lowest BCUT2D eigenvalue weighted by Crippen LogP contribution is -2.26. The lowest BCUT2D eigenvalue weighted by Gasteiger charge is -2.08. The maximum Gasteiger partial charge on any atom is 0.244 e. The van der Waals surface area contributed by atoms with E-state index in [1.54, 1.807) is 30.1 Å². The van der Waals surface area contributed by atoms with Crippen LogP contribution in [-0.2, 0) is 23.5 Å². The third kappa shape index (κ3) is 3.12. The molecule has 7 heteroatoms. The van der Waals surface area contributed by atoms with E-state index in [2.05, 4.69) is 9.82 Å². The minimum atomic E-state index is -3.69. The van der Waals surface area contributed by atoms with E-state index in [1.165, 1.54) is 12.1 Å². The Balaban J connectivity index is 2.03. The predicted octanol–water partition coefficient (Wildman–Crippen LogP) is 0.647. The number of aryl methyl sites for hydroxylation is 1. The minimum absolute atomic E-state index is 0.111. The Hall–Kier alpha value is -1.86. The SMILES string of the molecule is Cn1nccc1CCNS(=O)(=O)c1ccccc1O. The molecule has 0 atom stereocenters. The number of hydrogen-bond donors (Lipinski definition) is 2. The lowest BCUT2D eigenvalue weighted by molar-refractivity contribution is 0.458. The first-order valence-electron chi connectivity index (χ1n) is 5.75. The molecule has 2 rings (SSSR count). The number of phenols is 1. The molecule has 0 radical (unpaired) electrons. The first-order valence-corrected chi connectivity index (χ1v) is 7.23. The van der Waals surface area contributed by atoms with Gasteiger partial charge in [0.25, 0.3) is 0 Å². The third-order valence-electron chi connectivity index (χ3n) is 2.75. The van der Waals surface area contributed by atoms with Crippen molar-refractivity contribution in [2.45, 2.75) is 11.3 Å². The van der Waals surface area contributed by atoms with Crippen molar-refractivity contribution in [1.29, 1.82) is 0 Å². The molecule has 1 heterocycles. The summed E-state index contributed by atoms with van der Waals surface area (Å²) in [5.41, 5.74) is 0.931. The number of aromatic nitrogens is 2. The number of rotatable bonds is 5. The molecule has 1 aromatic heterocycles. The van der Waals surface area contributed by atoms with Gasteiger partial charge >= 0.3 is 0 Å². The van der Waals surface area contributed by atoms with Crippen molar-refractivity contribution in [3.05, 3.63) is 42.2 Å². The second-order valence-electron chi connectivity index (χ2n) is 4.06. The average Bonchev–Trinajstić information content (AvgIpc) is 2.75. The van der Waals surface area contributed by atoms with Gasteiger partial charge in [-0.3, -0.25) is 4.68 Å². The van der Waals surface area contributed by atoms with Crippen LogP contribution in [0.5, 0.6) is 5.75 Å². The first kappa shape index (κ1) is 13.6. The highest BCUT2D eigenvalue weighted by Crippen LogP contribution is 2.20. The Morgan fingerprint density at radius 2 is 2.05 bits per heavy atom. The van der Waals surface area contributed by atoms with Gasteiger partial charge in [-0.15, -0.1) is 0 Å². The van der Waals surface area contributed by atoms with Gasteiger partial charge in [0.2, 0.25) is 10.0 Å². The van der Waals surface area contributed by atoms with Crippen molar-refractivity contribution >= 4 is 10.0 Å². The molecule has 0 fully saturated rings. The highest BCUT2D eigenvalue weighted by atomic mass is 32.2. The second-order valence-corrected chi connectivity index (χ2v) is 5.80. The summed E-state index contributed by atoms with van der Waals surface area (Å²) in [6, 6.07) is 7.67. The fourth-order valence-electron chi connectivity index (χ4n) is 1.72. The van der Waals surface area contributed by atoms with E-state index in [0.29, 0.717) is 6.42 Å². The molecule has 0 bridgehead atoms. The molecular weight excluding hydrogens is 266 g/mol. The van der Waals surface area contributed by atoms with Crippen molar-refractivity contribution in [3.8, 4) is 5.75 Å². The van der Waals surface area contributed by atoms with Crippen LogP contribution in [-0.4, -0.2) is 29.8 Å². The Labute approximate surface area is 111 Å². The quantitative estimate of drug-likeness (QED) is 0.842. The molecule has 0 unspecified atom stereocenters. The van der Waals surface area contributed by atoms with E-state index < -0.39 is 10.0 Å². The molecule has 0 saturated heterocycles. The fourth-order valence-corrected chi connectivity index (χ4v) is 2.85. The van der Waals surface area contributed by atoms with Gasteiger partial charge in [-0.2, -0.15) is 5.10 Å². The maximum atomic E-state index is 12.0. The van der Waals surface area contributed by atoms with Crippen LogP contribution in [0.15, 0.2) is 41.4 Å². The predicted molar refractivity (Wildman–Crippen MR) is 70.2 cm³/mol. The maximum absolute atomic E-state index is 12.0. The molecule has 0 aliphatic rings. The smallest absolute Gasteiger partial charge is 0.244 e. The summed E-state index contributed by atoms with van der Waals surface area (Å²) < 4.78 is 28.1. The van der Waals surface area contributed by atoms with Crippen LogP contribution in [0.3, 0.4) is 0 Å². The zero-order valence-electron chi connectivity index (χ0n) is 10.4. The number of benzene rings is 1. The number of aromatic hydroxyl groups is 1. The molecule has 0 spiro atoms. The molecule has 0 aliphatic carbocycles. The molecule has 2 aromatic rings. The lowest BCUT2D eigenvalue weighted by atomic mass is 10.3. The fraction of sp³-hybridized carbons (Fsp3) is 0.250. The van der Waals surface area contributed by atoms with Crippen LogP contribution < -0.4 is 4.72 Å². The van der Waals surface area contributed by atoms with Crippen LogP contribution in [0.2, 0.25) is 0 Å². The van der Waals surface area contributed by atoms with Crippen molar-refractivity contribution in [2.75, 3.05) is 6.54 Å². The van der Waals surface area contributed by atoms with E-state index in [0.717, 1.165) is 5.69 Å². The highest BCUT2D eigenvalue weighted by Gasteiger charge is 2.17. The van der Waals surface area contributed by atoms with Crippen LogP contribution in [0.1, 0.15) is 5.69 Å². The summed E-state index contributed by atoms with van der Waals surface area (Å²) in [4.78, 5) is -0.111. The van der Waals surface area contributed by atoms with Gasteiger partial charge in [0.05, 0.1) is 0 Å². The van der Waals surface area contributed by atoms with Crippen molar-refractivity contribution < 1.29 is 13.5 Å². The number of phenolic OH excluding ortho intramolecular Hbond substituents is 1. The van der Waals surface area contributed by atoms with Gasteiger partial charge in [-0.25, -0.2) is 13.1 Å². The zero-order valence-corrected chi connectivity index (χ0v) is 11.3. The van der Waals surface area contributed by atoms with Gasteiger partial charge < -0.3 is 5.11 Å². The summed E-state index contributed by atoms with van der Waals surface area (Å²) >= 11 is 0. The average molecular weight is 281 g/mol. The van der Waals surface area contributed by atoms with Gasteiger partial charge in [-0.1, -0.05) is 12.1 Å². The molecule has 2 N–H and O–H groups in total. The van der Waals surface area contributed by atoms with Gasteiger partial charge in [0, 0.05) is 31.9 Å². The standard InChI is InChI=1S/C12H15N3O3S/c1-15-10(6-8-13-15)7-9-14-19(17,18)12-5-3-2-4-11(12)16/h2-6,8,14,16H,7,9H2,1H3. The summed E-state index contributed by atoms with van der Waals surface area (Å²) in [6.07, 6.45) is 2.19. The van der Waals surface area contributed by atoms with Gasteiger partial charge in [-0.05, 0) is 18.2 Å². The molecule has 19 heavy (non-hydrogen) atoms. The number of nitrogens with zero attached hydrogens (tertiary/aromatic N) is 2. The number of nitrogens with one attached hydrogen (secondary N) is 1. The number of para-hydroxylation sites is 1. The minimum Gasteiger partial charge on any atom is -0.507 e. The molecule has 0 aliphatic heterocycles. The summed E-state index contributed by atoms with van der Waals surface area (Å²) in [6.45, 7) is 0.246. The molecule has 0 saturated carbocycles. The van der Waals surface area contributed by atoms with E-state index in [9.17, 15) is 13.5 Å². The highest BCUT2D eigenvalue weighted by molar-refractivity contribution is 7.89. The third-order valence-corrected chi connectivity index (χ3v) is 4.26. The molecule has 6 nitrogen and oxygen atoms in total. The Morgan fingerprint density at radius 1 is 1.32 bits per heavy atom. The molecular formula is C12H15N3O3S. The zero-order chi connectivity index (χ0) is 13.9. The van der Waals surface area contributed by atoms with E-state index >= 15 is 0 Å². The topological polar surface area (TPSA) is 84.2 Å². The Morgan fingerprint density at radius 3 is 2.68 bits per heavy atom. The number of sulfonamides is 1. The van der Waals surface area contributed by atoms with Crippen molar-refractivity contribution in [2.24, 2.45) is 7.05 Å². The second kappa shape index (κ2) is 5.41. The van der Waals surface area contributed by atoms with E-state index in [-0.39, 0.29) is 17.2 Å². The van der Waals surface area contributed by atoms with Crippen molar-refractivity contribution in [1.82, 2.24) is 14.5 Å². The summed E-state index contributed by atoms with van der Waals surface area (Å²) in [5, 5.41) is 13.5. The van der Waals surface area contributed by atoms with Gasteiger partial charge in [0.1, 0.15) is 10.6 Å². The Kier molecular flexibility index (Phi) is 3.87. The Bertz CT molecular complexity index is 664. The first-order chi connectivity index (χ1) is 9.00. The molecule has 102 valence electrons. The molecule has 1 aromatic carbocycles. The van der Waals surface area contributed by atoms with Gasteiger partial charge in [0.15, 0.2) is 0 Å². The van der Waals surface area contributed by atoms with Crippen molar-refractivity contribution in [3.63, 3.8) is 0 Å².